The van der Waals surface area contributed by atoms with Crippen molar-refractivity contribution in [1.29, 1.82) is 10.8 Å². The molecule has 2 heterocycles. The van der Waals surface area contributed by atoms with Gasteiger partial charge >= 0.3 is 5.56 Å². The second kappa shape index (κ2) is 12.2. The van der Waals surface area contributed by atoms with Gasteiger partial charge in [-0.3, -0.25) is 15.2 Å². The van der Waals surface area contributed by atoms with Crippen molar-refractivity contribution in [3.05, 3.63) is 57.5 Å². The van der Waals surface area contributed by atoms with Crippen LogP contribution >= 0.6 is 0 Å². The van der Waals surface area contributed by atoms with Gasteiger partial charge in [0.2, 0.25) is 5.75 Å². The van der Waals surface area contributed by atoms with E-state index in [0.29, 0.717) is 36.5 Å². The number of anilines is 1. The Morgan fingerprint density at radius 1 is 1.18 bits per heavy atom. The molecular formula is C27H33F2N6O3S-. The lowest BCUT2D eigenvalue weighted by Gasteiger charge is -2.38. The Labute approximate surface area is 227 Å². The van der Waals surface area contributed by atoms with E-state index in [0.717, 1.165) is 48.6 Å². The van der Waals surface area contributed by atoms with E-state index in [-0.39, 0.29) is 34.7 Å². The Morgan fingerprint density at radius 3 is 2.44 bits per heavy atom. The maximum atomic E-state index is 13.9. The monoisotopic (exact) mass is 559 g/mol. The first-order valence-corrected chi connectivity index (χ1v) is 14.3. The van der Waals surface area contributed by atoms with E-state index in [1.54, 1.807) is 13.8 Å². The van der Waals surface area contributed by atoms with E-state index in [9.17, 15) is 17.8 Å². The van der Waals surface area contributed by atoms with Gasteiger partial charge in [0.15, 0.2) is 0 Å². The fraction of sp³-hybridized carbons (Fsp3) is 0.444. The molecule has 2 aliphatic rings. The maximum Gasteiger partial charge on any atom is 0.316 e. The molecule has 1 aliphatic heterocycles. The number of rotatable bonds is 9. The molecule has 210 valence electrons. The van der Waals surface area contributed by atoms with Crippen LogP contribution in [0.15, 0.2) is 40.3 Å². The van der Waals surface area contributed by atoms with Crippen molar-refractivity contribution in [2.24, 2.45) is 0 Å². The van der Waals surface area contributed by atoms with Gasteiger partial charge in [-0.1, -0.05) is 5.75 Å². The minimum atomic E-state index is -1.45. The fourth-order valence-corrected chi connectivity index (χ4v) is 5.89. The van der Waals surface area contributed by atoms with Crippen molar-refractivity contribution in [1.82, 2.24) is 15.1 Å². The highest BCUT2D eigenvalue weighted by Gasteiger charge is 2.30. The number of benzene rings is 1. The molecule has 1 aromatic heterocycles. The van der Waals surface area contributed by atoms with Gasteiger partial charge < -0.3 is 30.0 Å². The number of hydrogen-bond acceptors (Lipinski definition) is 9. The molecule has 39 heavy (non-hydrogen) atoms. The van der Waals surface area contributed by atoms with E-state index in [4.69, 9.17) is 15.6 Å². The number of ether oxygens (including phenoxy) is 1. The van der Waals surface area contributed by atoms with Crippen LogP contribution in [-0.2, 0) is 14.6 Å². The van der Waals surface area contributed by atoms with Crippen LogP contribution in [0.4, 0.5) is 14.5 Å². The number of piperazine rings is 1. The van der Waals surface area contributed by atoms with Gasteiger partial charge in [0.25, 0.3) is 0 Å². The molecule has 1 saturated carbocycles. The van der Waals surface area contributed by atoms with Gasteiger partial charge in [-0.15, -0.1) is 0 Å². The first kappa shape index (κ1) is 28.6. The van der Waals surface area contributed by atoms with Crippen molar-refractivity contribution in [2.75, 3.05) is 30.3 Å². The Hall–Kier alpha value is -3.38. The number of aromatic nitrogens is 2. The third kappa shape index (κ3) is 6.62. The highest BCUT2D eigenvalue weighted by Crippen LogP contribution is 2.31. The standard InChI is InChI=1S/C27H33F2N6O3S/c1-16(30)22(15-39(3)37)25(17(2)31)23-14-34(9-8-32-23)24-13-33-35(20-11-18(28)10-19(29)12-20)27(36)26(24)38-21-6-4-5-7-21/h10-13,21,23,30-32H,3-9,14-15H2,1-2H3/q-1. The molecule has 0 radical (unpaired) electrons. The highest BCUT2D eigenvalue weighted by atomic mass is 32.2. The van der Waals surface area contributed by atoms with Gasteiger partial charge in [0.1, 0.15) is 17.3 Å². The molecule has 0 spiro atoms. The first-order valence-electron chi connectivity index (χ1n) is 12.8. The fourth-order valence-electron chi connectivity index (χ4n) is 5.19. The van der Waals surface area contributed by atoms with Gasteiger partial charge in [-0.05, 0) is 62.8 Å². The van der Waals surface area contributed by atoms with Crippen LogP contribution in [0.3, 0.4) is 0 Å². The summed E-state index contributed by atoms with van der Waals surface area (Å²) in [5.74, 6) is 2.01. The molecule has 1 aromatic carbocycles. The predicted octanol–water partition coefficient (Wildman–Crippen LogP) is 3.38. The Balaban J connectivity index is 1.77. The summed E-state index contributed by atoms with van der Waals surface area (Å²) in [7, 11) is -1.45. The molecule has 1 saturated heterocycles. The lowest BCUT2D eigenvalue weighted by atomic mass is 9.93. The summed E-state index contributed by atoms with van der Waals surface area (Å²) in [4.78, 5) is 15.6. The zero-order valence-electron chi connectivity index (χ0n) is 22.1. The predicted molar refractivity (Wildman–Crippen MR) is 151 cm³/mol. The minimum absolute atomic E-state index is 0.0459. The zero-order chi connectivity index (χ0) is 28.3. The molecule has 1 atom stereocenters. The van der Waals surface area contributed by atoms with Gasteiger partial charge in [0, 0.05) is 37.1 Å². The van der Waals surface area contributed by atoms with Gasteiger partial charge in [-0.25, -0.2) is 8.78 Å². The molecule has 0 amide bonds. The molecule has 12 heteroatoms. The average Bonchev–Trinajstić information content (AvgIpc) is 3.37. The lowest BCUT2D eigenvalue weighted by Crippen LogP contribution is -2.53. The van der Waals surface area contributed by atoms with Crippen molar-refractivity contribution >= 4 is 33.4 Å². The van der Waals surface area contributed by atoms with E-state index in [2.05, 4.69) is 16.3 Å². The normalized spacial score (nSPS) is 18.8. The molecular weight excluding hydrogens is 526 g/mol. The van der Waals surface area contributed by atoms with E-state index < -0.39 is 33.6 Å². The summed E-state index contributed by atoms with van der Waals surface area (Å²) < 4.78 is 47.0. The van der Waals surface area contributed by atoms with Crippen LogP contribution in [0.1, 0.15) is 39.5 Å². The zero-order valence-corrected chi connectivity index (χ0v) is 22.9. The van der Waals surface area contributed by atoms with Crippen LogP contribution in [-0.4, -0.2) is 64.6 Å². The van der Waals surface area contributed by atoms with Gasteiger partial charge in [0.05, 0.1) is 24.0 Å². The average molecular weight is 560 g/mol. The van der Waals surface area contributed by atoms with Crippen LogP contribution in [0.2, 0.25) is 0 Å². The Bertz CT molecular complexity index is 1420. The number of nitrogens with zero attached hydrogens (tertiary/aromatic N) is 3. The van der Waals surface area contributed by atoms with E-state index >= 15 is 0 Å². The van der Waals surface area contributed by atoms with Crippen LogP contribution in [0.5, 0.6) is 5.75 Å². The summed E-state index contributed by atoms with van der Waals surface area (Å²) in [6.07, 6.45) is 4.86. The molecule has 1 aliphatic carbocycles. The molecule has 9 nitrogen and oxygen atoms in total. The molecule has 1 unspecified atom stereocenters. The number of halogens is 2. The second-order valence-corrected chi connectivity index (χ2v) is 11.1. The first-order chi connectivity index (χ1) is 18.5. The maximum absolute atomic E-state index is 13.9. The SMILES string of the molecule is C=[S-](=O)CC(C(C)=N)=C(C(C)=N)C1CN(c2cnn(-c3cc(F)cc(F)c3)c(=O)c2OC2CCCC2)CCN1. The third-order valence-electron chi connectivity index (χ3n) is 6.95. The minimum Gasteiger partial charge on any atom is -0.483 e. The number of hydrogen-bond donors (Lipinski definition) is 3. The highest BCUT2D eigenvalue weighted by molar-refractivity contribution is 7.82. The van der Waals surface area contributed by atoms with Crippen LogP contribution in [0, 0.1) is 22.5 Å². The Kier molecular flexibility index (Phi) is 8.96. The van der Waals surface area contributed by atoms with Crippen molar-refractivity contribution < 1.29 is 17.7 Å². The lowest BCUT2D eigenvalue weighted by molar-refractivity contribution is 0.206. The summed E-state index contributed by atoms with van der Waals surface area (Å²) in [5, 5.41) is 24.3. The quantitative estimate of drug-likeness (QED) is 0.246. The summed E-state index contributed by atoms with van der Waals surface area (Å²) in [6.45, 7) is 4.55. The summed E-state index contributed by atoms with van der Waals surface area (Å²) in [6, 6.07) is 2.41. The van der Waals surface area contributed by atoms with E-state index in [1.807, 2.05) is 4.90 Å². The molecule has 2 fully saturated rings. The topological polar surface area (TPSA) is 124 Å². The van der Waals surface area contributed by atoms with E-state index in [1.165, 1.54) is 6.20 Å². The van der Waals surface area contributed by atoms with Crippen LogP contribution < -0.4 is 20.5 Å². The Morgan fingerprint density at radius 2 is 1.85 bits per heavy atom. The van der Waals surface area contributed by atoms with Crippen molar-refractivity contribution in [3.8, 4) is 11.4 Å². The smallest absolute Gasteiger partial charge is 0.316 e. The summed E-state index contributed by atoms with van der Waals surface area (Å²) in [5.41, 5.74) is 1.30. The second-order valence-electron chi connectivity index (χ2n) is 9.91. The van der Waals surface area contributed by atoms with Gasteiger partial charge in [-0.2, -0.15) is 15.7 Å². The number of nitrogens with one attached hydrogen (secondary N) is 3. The van der Waals surface area contributed by atoms with Crippen molar-refractivity contribution in [2.45, 2.75) is 51.7 Å². The molecule has 0 bridgehead atoms. The molecule has 4 rings (SSSR count). The summed E-state index contributed by atoms with van der Waals surface area (Å²) >= 11 is 0. The molecule has 2 aromatic rings. The van der Waals surface area contributed by atoms with Crippen molar-refractivity contribution in [3.63, 3.8) is 0 Å². The third-order valence-corrected chi connectivity index (χ3v) is 7.56. The van der Waals surface area contributed by atoms with Crippen LogP contribution in [0.25, 0.3) is 5.69 Å². The largest absolute Gasteiger partial charge is 0.483 e. The molecule has 3 N–H and O–H groups in total.